The predicted molar refractivity (Wildman–Crippen MR) is 88.7 cm³/mol. The van der Waals surface area contributed by atoms with Gasteiger partial charge in [-0.1, -0.05) is 30.9 Å². The van der Waals surface area contributed by atoms with Gasteiger partial charge in [0.2, 0.25) is 0 Å². The average molecular weight is 310 g/mol. The third kappa shape index (κ3) is 3.35. The van der Waals surface area contributed by atoms with Crippen molar-refractivity contribution in [2.45, 2.75) is 62.4 Å². The van der Waals surface area contributed by atoms with Crippen molar-refractivity contribution in [2.24, 2.45) is 5.92 Å². The molecule has 1 N–H and O–H groups in total. The fourth-order valence-corrected chi connectivity index (χ4v) is 4.91. The molecule has 3 rings (SSSR count). The van der Waals surface area contributed by atoms with Gasteiger partial charge in [0, 0.05) is 22.0 Å². The molecule has 1 aliphatic carbocycles. The summed E-state index contributed by atoms with van der Waals surface area (Å²) in [4.78, 5) is 1.41. The first kappa shape index (κ1) is 14.7. The number of fused-ring (bicyclic) bond motifs is 1. The molecule has 0 saturated heterocycles. The van der Waals surface area contributed by atoms with Crippen LogP contribution >= 0.6 is 23.4 Å². The molecule has 1 nitrogen and oxygen atoms in total. The number of benzene rings is 1. The van der Waals surface area contributed by atoms with Crippen molar-refractivity contribution in [1.29, 1.82) is 0 Å². The van der Waals surface area contributed by atoms with Crippen LogP contribution in [0.5, 0.6) is 0 Å². The Kier molecular flexibility index (Phi) is 4.95. The minimum atomic E-state index is 0.488. The van der Waals surface area contributed by atoms with Gasteiger partial charge in [0.05, 0.1) is 0 Å². The van der Waals surface area contributed by atoms with E-state index in [1.54, 1.807) is 0 Å². The number of halogens is 1. The van der Waals surface area contributed by atoms with Crippen LogP contribution in [0.3, 0.4) is 0 Å². The minimum Gasteiger partial charge on any atom is -0.307 e. The standard InChI is InChI=1S/C17H24ClNS/c1-12(13-5-3-2-4-6-13)19-16-9-10-20-17-8-7-14(18)11-15(16)17/h7-8,11-13,16,19H,2-6,9-10H2,1H3/t12-,16?/m0/s1. The van der Waals surface area contributed by atoms with Crippen LogP contribution in [-0.4, -0.2) is 11.8 Å². The maximum Gasteiger partial charge on any atom is 0.0410 e. The number of nitrogens with one attached hydrogen (secondary N) is 1. The van der Waals surface area contributed by atoms with E-state index in [4.69, 9.17) is 11.6 Å². The molecule has 1 aromatic rings. The highest BCUT2D eigenvalue weighted by Gasteiger charge is 2.26. The summed E-state index contributed by atoms with van der Waals surface area (Å²) in [5.74, 6) is 2.07. The monoisotopic (exact) mass is 309 g/mol. The van der Waals surface area contributed by atoms with Crippen molar-refractivity contribution in [3.05, 3.63) is 28.8 Å². The third-order valence-corrected chi connectivity index (χ3v) is 6.19. The van der Waals surface area contributed by atoms with E-state index in [-0.39, 0.29) is 0 Å². The number of hydrogen-bond acceptors (Lipinski definition) is 2. The number of thioether (sulfide) groups is 1. The Morgan fingerprint density at radius 2 is 2.00 bits per heavy atom. The molecule has 110 valence electrons. The van der Waals surface area contributed by atoms with E-state index in [0.29, 0.717) is 12.1 Å². The maximum absolute atomic E-state index is 6.19. The zero-order chi connectivity index (χ0) is 13.9. The Morgan fingerprint density at radius 1 is 1.20 bits per heavy atom. The molecular weight excluding hydrogens is 286 g/mol. The van der Waals surface area contributed by atoms with Crippen molar-refractivity contribution in [3.63, 3.8) is 0 Å². The Bertz CT molecular complexity index is 456. The van der Waals surface area contributed by atoms with E-state index in [2.05, 4.69) is 24.4 Å². The highest BCUT2D eigenvalue weighted by Crippen LogP contribution is 2.38. The molecule has 0 radical (unpaired) electrons. The van der Waals surface area contributed by atoms with Crippen LogP contribution in [0.15, 0.2) is 23.1 Å². The summed E-state index contributed by atoms with van der Waals surface area (Å²) in [7, 11) is 0. The first-order valence-corrected chi connectivity index (χ1v) is 9.28. The molecule has 0 aromatic heterocycles. The molecule has 1 saturated carbocycles. The highest BCUT2D eigenvalue weighted by atomic mass is 35.5. The quantitative estimate of drug-likeness (QED) is 0.798. The van der Waals surface area contributed by atoms with Gasteiger partial charge in [-0.05, 0) is 61.6 Å². The minimum absolute atomic E-state index is 0.488. The largest absolute Gasteiger partial charge is 0.307 e. The lowest BCUT2D eigenvalue weighted by Gasteiger charge is -2.34. The molecule has 1 aromatic carbocycles. The van der Waals surface area contributed by atoms with Crippen LogP contribution in [0.1, 0.15) is 57.1 Å². The first-order valence-electron chi connectivity index (χ1n) is 7.92. The molecule has 2 aliphatic rings. The number of hydrogen-bond donors (Lipinski definition) is 1. The van der Waals surface area contributed by atoms with Crippen molar-refractivity contribution >= 4 is 23.4 Å². The van der Waals surface area contributed by atoms with Gasteiger partial charge in [0.15, 0.2) is 0 Å². The van der Waals surface area contributed by atoms with Gasteiger partial charge in [0.25, 0.3) is 0 Å². The second-order valence-corrected chi connectivity index (χ2v) is 7.80. The topological polar surface area (TPSA) is 12.0 Å². The molecule has 1 unspecified atom stereocenters. The molecule has 20 heavy (non-hydrogen) atoms. The van der Waals surface area contributed by atoms with Gasteiger partial charge in [-0.25, -0.2) is 0 Å². The molecule has 0 spiro atoms. The fourth-order valence-electron chi connectivity index (χ4n) is 3.63. The molecule has 2 atom stereocenters. The molecule has 1 aliphatic heterocycles. The Hall–Kier alpha value is -0.180. The zero-order valence-electron chi connectivity index (χ0n) is 12.2. The van der Waals surface area contributed by atoms with E-state index in [1.807, 2.05) is 17.8 Å². The normalized spacial score (nSPS) is 25.2. The van der Waals surface area contributed by atoms with Crippen molar-refractivity contribution in [2.75, 3.05) is 5.75 Å². The van der Waals surface area contributed by atoms with E-state index in [1.165, 1.54) is 54.7 Å². The number of rotatable bonds is 3. The second-order valence-electron chi connectivity index (χ2n) is 6.23. The van der Waals surface area contributed by atoms with Crippen LogP contribution in [0.2, 0.25) is 5.02 Å². The van der Waals surface area contributed by atoms with Gasteiger partial charge in [0.1, 0.15) is 0 Å². The van der Waals surface area contributed by atoms with Crippen LogP contribution in [0.4, 0.5) is 0 Å². The average Bonchev–Trinajstić information content (AvgIpc) is 2.49. The SMILES string of the molecule is C[C@H](NC1CCSc2ccc(Cl)cc21)C1CCCCC1. The molecule has 0 amide bonds. The zero-order valence-corrected chi connectivity index (χ0v) is 13.8. The third-order valence-electron chi connectivity index (χ3n) is 4.83. The summed E-state index contributed by atoms with van der Waals surface area (Å²) >= 11 is 8.16. The fraction of sp³-hybridized carbons (Fsp3) is 0.647. The summed E-state index contributed by atoms with van der Waals surface area (Å²) in [5, 5.41) is 4.76. The van der Waals surface area contributed by atoms with E-state index < -0.39 is 0 Å². The summed E-state index contributed by atoms with van der Waals surface area (Å²) in [6.07, 6.45) is 8.28. The van der Waals surface area contributed by atoms with Gasteiger partial charge in [-0.15, -0.1) is 11.8 Å². The summed E-state index contributed by atoms with van der Waals surface area (Å²) in [6.45, 7) is 2.38. The van der Waals surface area contributed by atoms with Gasteiger partial charge < -0.3 is 5.32 Å². The Morgan fingerprint density at radius 3 is 2.80 bits per heavy atom. The van der Waals surface area contributed by atoms with E-state index >= 15 is 0 Å². The smallest absolute Gasteiger partial charge is 0.0410 e. The summed E-state index contributed by atoms with van der Waals surface area (Å²) in [6, 6.07) is 7.47. The van der Waals surface area contributed by atoms with Crippen LogP contribution in [0.25, 0.3) is 0 Å². The predicted octanol–water partition coefficient (Wildman–Crippen LogP) is 5.44. The van der Waals surface area contributed by atoms with Gasteiger partial charge in [-0.3, -0.25) is 0 Å². The lowest BCUT2D eigenvalue weighted by Crippen LogP contribution is -2.38. The molecule has 1 fully saturated rings. The first-order chi connectivity index (χ1) is 9.74. The van der Waals surface area contributed by atoms with Crippen LogP contribution in [0, 0.1) is 5.92 Å². The molecular formula is C17H24ClNS. The Labute approximate surface area is 131 Å². The molecule has 3 heteroatoms. The van der Waals surface area contributed by atoms with E-state index in [9.17, 15) is 0 Å². The highest BCUT2D eigenvalue weighted by molar-refractivity contribution is 7.99. The lowest BCUT2D eigenvalue weighted by molar-refractivity contribution is 0.261. The van der Waals surface area contributed by atoms with Crippen LogP contribution in [-0.2, 0) is 0 Å². The second kappa shape index (κ2) is 6.72. The summed E-state index contributed by atoms with van der Waals surface area (Å²) < 4.78 is 0. The van der Waals surface area contributed by atoms with Gasteiger partial charge >= 0.3 is 0 Å². The van der Waals surface area contributed by atoms with Crippen LogP contribution < -0.4 is 5.32 Å². The van der Waals surface area contributed by atoms with Crippen molar-refractivity contribution in [1.82, 2.24) is 5.32 Å². The Balaban J connectivity index is 1.70. The lowest BCUT2D eigenvalue weighted by atomic mass is 9.84. The maximum atomic E-state index is 6.19. The van der Waals surface area contributed by atoms with Crippen molar-refractivity contribution in [3.8, 4) is 0 Å². The van der Waals surface area contributed by atoms with Crippen molar-refractivity contribution < 1.29 is 0 Å². The van der Waals surface area contributed by atoms with Gasteiger partial charge in [-0.2, -0.15) is 0 Å². The van der Waals surface area contributed by atoms with E-state index in [0.717, 1.165) is 10.9 Å². The summed E-state index contributed by atoms with van der Waals surface area (Å²) in [5.41, 5.74) is 1.41. The molecule has 0 bridgehead atoms. The molecule has 1 heterocycles.